The highest BCUT2D eigenvalue weighted by molar-refractivity contribution is 5.85. The van der Waals surface area contributed by atoms with E-state index in [1.54, 1.807) is 0 Å². The molecule has 0 aromatic carbocycles. The Morgan fingerprint density at radius 2 is 2.12 bits per heavy atom. The Morgan fingerprint density at radius 3 is 2.62 bits per heavy atom. The largest absolute Gasteiger partial charge is 0.362 e. The van der Waals surface area contributed by atoms with E-state index in [1.807, 2.05) is 6.92 Å². The third kappa shape index (κ3) is 3.17. The van der Waals surface area contributed by atoms with Crippen molar-refractivity contribution >= 4 is 30.6 Å². The van der Waals surface area contributed by atoms with E-state index in [0.717, 1.165) is 13.1 Å². The average molecular weight is 269 g/mol. The van der Waals surface area contributed by atoms with Crippen LogP contribution in [0, 0.1) is 5.82 Å². The van der Waals surface area contributed by atoms with Crippen LogP contribution >= 0.6 is 24.8 Å². The topological polar surface area (TPSA) is 49.8 Å². The molecule has 1 aromatic rings. The van der Waals surface area contributed by atoms with Gasteiger partial charge in [0.1, 0.15) is 6.33 Å². The molecule has 2 rings (SSSR count). The normalized spacial score (nSPS) is 14.4. The van der Waals surface area contributed by atoms with Gasteiger partial charge < -0.3 is 10.6 Å². The zero-order valence-corrected chi connectivity index (χ0v) is 10.5. The summed E-state index contributed by atoms with van der Waals surface area (Å²) in [6, 6.07) is 0.295. The minimum atomic E-state index is -0.318. The standard InChI is InChI=1S/C9H13FN4.2ClH/c1-2-7-8(10)9(13-5-12-7)14-6-3-11-4-6;;/h5-6,11H,2-4H2,1H3,(H,12,13,14);2*1H. The lowest BCUT2D eigenvalue weighted by atomic mass is 10.2. The Bertz CT molecular complexity index is 333. The van der Waals surface area contributed by atoms with E-state index in [9.17, 15) is 4.39 Å². The molecule has 0 unspecified atom stereocenters. The van der Waals surface area contributed by atoms with E-state index in [2.05, 4.69) is 20.6 Å². The molecule has 0 atom stereocenters. The summed E-state index contributed by atoms with van der Waals surface area (Å²) in [4.78, 5) is 7.75. The van der Waals surface area contributed by atoms with Crippen LogP contribution in [-0.4, -0.2) is 29.1 Å². The minimum Gasteiger partial charge on any atom is -0.362 e. The second kappa shape index (κ2) is 6.83. The summed E-state index contributed by atoms with van der Waals surface area (Å²) in [6.45, 7) is 3.61. The van der Waals surface area contributed by atoms with Gasteiger partial charge in [0.2, 0.25) is 0 Å². The molecule has 2 N–H and O–H groups in total. The third-order valence-electron chi connectivity index (χ3n) is 2.32. The minimum absolute atomic E-state index is 0. The van der Waals surface area contributed by atoms with Gasteiger partial charge in [0, 0.05) is 13.1 Å². The van der Waals surface area contributed by atoms with Gasteiger partial charge in [0.05, 0.1) is 11.7 Å². The first kappa shape index (κ1) is 15.3. The lowest BCUT2D eigenvalue weighted by Gasteiger charge is -2.28. The Balaban J connectivity index is 0.00000112. The molecule has 1 saturated heterocycles. The predicted molar refractivity (Wildman–Crippen MR) is 66.1 cm³/mol. The van der Waals surface area contributed by atoms with Crippen molar-refractivity contribution in [3.8, 4) is 0 Å². The molecule has 0 spiro atoms. The van der Waals surface area contributed by atoms with Gasteiger partial charge in [0.25, 0.3) is 0 Å². The maximum atomic E-state index is 13.6. The molecule has 1 aromatic heterocycles. The molecule has 92 valence electrons. The summed E-state index contributed by atoms with van der Waals surface area (Å²) in [5, 5.41) is 6.13. The fourth-order valence-corrected chi connectivity index (χ4v) is 1.34. The van der Waals surface area contributed by atoms with Crippen LogP contribution in [0.5, 0.6) is 0 Å². The zero-order valence-electron chi connectivity index (χ0n) is 8.86. The van der Waals surface area contributed by atoms with Crippen molar-refractivity contribution in [2.45, 2.75) is 19.4 Å². The lowest BCUT2D eigenvalue weighted by Crippen LogP contribution is -2.51. The monoisotopic (exact) mass is 268 g/mol. The predicted octanol–water partition coefficient (Wildman–Crippen LogP) is 1.41. The van der Waals surface area contributed by atoms with Crippen LogP contribution in [0.15, 0.2) is 6.33 Å². The molecule has 0 radical (unpaired) electrons. The highest BCUT2D eigenvalue weighted by atomic mass is 35.5. The van der Waals surface area contributed by atoms with Crippen molar-refractivity contribution in [2.24, 2.45) is 0 Å². The molecular formula is C9H15Cl2FN4. The number of nitrogens with one attached hydrogen (secondary N) is 2. The van der Waals surface area contributed by atoms with Gasteiger partial charge in [-0.1, -0.05) is 6.92 Å². The number of nitrogens with zero attached hydrogens (tertiary/aromatic N) is 2. The van der Waals surface area contributed by atoms with Gasteiger partial charge >= 0.3 is 0 Å². The van der Waals surface area contributed by atoms with Crippen molar-refractivity contribution in [1.82, 2.24) is 15.3 Å². The number of anilines is 1. The molecule has 16 heavy (non-hydrogen) atoms. The summed E-state index contributed by atoms with van der Waals surface area (Å²) in [7, 11) is 0. The number of hydrogen-bond acceptors (Lipinski definition) is 4. The first-order valence-electron chi connectivity index (χ1n) is 4.78. The van der Waals surface area contributed by atoms with Crippen LogP contribution in [0.4, 0.5) is 10.2 Å². The van der Waals surface area contributed by atoms with Crippen molar-refractivity contribution < 1.29 is 4.39 Å². The first-order chi connectivity index (χ1) is 6.81. The van der Waals surface area contributed by atoms with E-state index in [4.69, 9.17) is 0 Å². The van der Waals surface area contributed by atoms with Gasteiger partial charge in [-0.05, 0) is 6.42 Å². The molecule has 0 aliphatic carbocycles. The smallest absolute Gasteiger partial charge is 0.186 e. The van der Waals surface area contributed by atoms with Crippen molar-refractivity contribution in [2.75, 3.05) is 18.4 Å². The Labute approximate surface area is 106 Å². The molecule has 7 heteroatoms. The molecule has 0 amide bonds. The number of halogens is 3. The van der Waals surface area contributed by atoms with Crippen molar-refractivity contribution in [3.63, 3.8) is 0 Å². The van der Waals surface area contributed by atoms with Crippen LogP contribution < -0.4 is 10.6 Å². The SMILES string of the molecule is CCc1ncnc(NC2CNC2)c1F.Cl.Cl. The zero-order chi connectivity index (χ0) is 9.97. The molecule has 1 aliphatic rings. The highest BCUT2D eigenvalue weighted by Gasteiger charge is 2.19. The Morgan fingerprint density at radius 1 is 1.44 bits per heavy atom. The van der Waals surface area contributed by atoms with Crippen LogP contribution in [0.1, 0.15) is 12.6 Å². The molecule has 1 aliphatic heterocycles. The van der Waals surface area contributed by atoms with E-state index in [-0.39, 0.29) is 30.6 Å². The van der Waals surface area contributed by atoms with E-state index >= 15 is 0 Å². The first-order valence-corrected chi connectivity index (χ1v) is 4.78. The van der Waals surface area contributed by atoms with Gasteiger partial charge in [-0.25, -0.2) is 14.4 Å². The molecule has 4 nitrogen and oxygen atoms in total. The molecular weight excluding hydrogens is 254 g/mol. The maximum absolute atomic E-state index is 13.6. The summed E-state index contributed by atoms with van der Waals surface area (Å²) < 4.78 is 13.6. The molecule has 0 saturated carbocycles. The average Bonchev–Trinajstić information content (AvgIpc) is 2.13. The fourth-order valence-electron chi connectivity index (χ4n) is 1.34. The molecule has 2 heterocycles. The summed E-state index contributed by atoms with van der Waals surface area (Å²) in [6.07, 6.45) is 1.99. The van der Waals surface area contributed by atoms with Gasteiger partial charge in [-0.3, -0.25) is 0 Å². The lowest BCUT2D eigenvalue weighted by molar-refractivity contribution is 0.466. The number of aromatic nitrogens is 2. The number of hydrogen-bond donors (Lipinski definition) is 2. The van der Waals surface area contributed by atoms with Crippen LogP contribution in [-0.2, 0) is 6.42 Å². The van der Waals surface area contributed by atoms with Gasteiger partial charge in [-0.2, -0.15) is 0 Å². The highest BCUT2D eigenvalue weighted by Crippen LogP contribution is 2.14. The molecule has 1 fully saturated rings. The van der Waals surface area contributed by atoms with Crippen LogP contribution in [0.2, 0.25) is 0 Å². The van der Waals surface area contributed by atoms with Gasteiger partial charge in [-0.15, -0.1) is 24.8 Å². The summed E-state index contributed by atoms with van der Waals surface area (Å²) >= 11 is 0. The van der Waals surface area contributed by atoms with Gasteiger partial charge in [0.15, 0.2) is 11.6 Å². The van der Waals surface area contributed by atoms with E-state index in [0.29, 0.717) is 24.0 Å². The quantitative estimate of drug-likeness (QED) is 0.871. The molecule has 0 bridgehead atoms. The van der Waals surface area contributed by atoms with E-state index < -0.39 is 0 Å². The maximum Gasteiger partial charge on any atom is 0.186 e. The summed E-state index contributed by atoms with van der Waals surface area (Å²) in [5.74, 6) is 0.00486. The summed E-state index contributed by atoms with van der Waals surface area (Å²) in [5.41, 5.74) is 0.467. The van der Waals surface area contributed by atoms with Crippen molar-refractivity contribution in [3.05, 3.63) is 17.8 Å². The van der Waals surface area contributed by atoms with Crippen LogP contribution in [0.25, 0.3) is 0 Å². The second-order valence-corrected chi connectivity index (χ2v) is 3.34. The van der Waals surface area contributed by atoms with Crippen molar-refractivity contribution in [1.29, 1.82) is 0 Å². The van der Waals surface area contributed by atoms with E-state index in [1.165, 1.54) is 6.33 Å². The van der Waals surface area contributed by atoms with Crippen LogP contribution in [0.3, 0.4) is 0 Å². The number of rotatable bonds is 3. The number of aryl methyl sites for hydroxylation is 1. The fraction of sp³-hybridized carbons (Fsp3) is 0.556. The third-order valence-corrected chi connectivity index (χ3v) is 2.32. The Kier molecular flexibility index (Phi) is 6.55. The Hall–Kier alpha value is -0.650. The second-order valence-electron chi connectivity index (χ2n) is 3.34.